The lowest BCUT2D eigenvalue weighted by molar-refractivity contribution is -0.121. The maximum absolute atomic E-state index is 11.5. The second-order valence-corrected chi connectivity index (χ2v) is 4.12. The van der Waals surface area contributed by atoms with Crippen molar-refractivity contribution in [1.82, 2.24) is 14.9 Å². The van der Waals surface area contributed by atoms with E-state index in [1.54, 1.807) is 19.6 Å². The fraction of sp³-hybridized carbons (Fsp3) is 0.667. The SMILES string of the molecule is CC[C@@H](N)c1cncn1CCC(=O)NCCOC. The van der Waals surface area contributed by atoms with Gasteiger partial charge in [-0.15, -0.1) is 0 Å². The predicted octanol–water partition coefficient (Wildman–Crippen LogP) is 0.446. The van der Waals surface area contributed by atoms with Crippen LogP contribution in [-0.4, -0.2) is 35.7 Å². The molecular weight excluding hydrogens is 232 g/mol. The molecular formula is C12H22N4O2. The number of hydrogen-bond acceptors (Lipinski definition) is 4. The number of hydrogen-bond donors (Lipinski definition) is 2. The third kappa shape index (κ3) is 4.46. The van der Waals surface area contributed by atoms with Crippen LogP contribution in [0.2, 0.25) is 0 Å². The van der Waals surface area contributed by atoms with E-state index in [0.29, 0.717) is 26.1 Å². The number of nitrogens with one attached hydrogen (secondary N) is 1. The van der Waals surface area contributed by atoms with Gasteiger partial charge in [-0.05, 0) is 6.42 Å². The first-order valence-corrected chi connectivity index (χ1v) is 6.20. The van der Waals surface area contributed by atoms with Crippen LogP contribution in [-0.2, 0) is 16.1 Å². The van der Waals surface area contributed by atoms with Gasteiger partial charge >= 0.3 is 0 Å². The number of aromatic nitrogens is 2. The summed E-state index contributed by atoms with van der Waals surface area (Å²) in [7, 11) is 1.61. The van der Waals surface area contributed by atoms with Crippen LogP contribution in [0.1, 0.15) is 31.5 Å². The second kappa shape index (κ2) is 7.84. The van der Waals surface area contributed by atoms with Gasteiger partial charge in [0.25, 0.3) is 0 Å². The van der Waals surface area contributed by atoms with Crippen LogP contribution in [0.4, 0.5) is 0 Å². The summed E-state index contributed by atoms with van der Waals surface area (Å²) in [5, 5.41) is 2.78. The first kappa shape index (κ1) is 14.7. The Labute approximate surface area is 108 Å². The molecule has 1 aromatic heterocycles. The van der Waals surface area contributed by atoms with Gasteiger partial charge in [-0.25, -0.2) is 4.98 Å². The van der Waals surface area contributed by atoms with E-state index in [-0.39, 0.29) is 11.9 Å². The van der Waals surface area contributed by atoms with Gasteiger partial charge < -0.3 is 20.4 Å². The van der Waals surface area contributed by atoms with Crippen molar-refractivity contribution < 1.29 is 9.53 Å². The van der Waals surface area contributed by atoms with Crippen LogP contribution in [0.15, 0.2) is 12.5 Å². The molecule has 0 aliphatic heterocycles. The van der Waals surface area contributed by atoms with Crippen LogP contribution < -0.4 is 11.1 Å². The minimum absolute atomic E-state index is 0.0109. The molecule has 1 aromatic rings. The van der Waals surface area contributed by atoms with Gasteiger partial charge in [-0.2, -0.15) is 0 Å². The highest BCUT2D eigenvalue weighted by Crippen LogP contribution is 2.13. The van der Waals surface area contributed by atoms with Crippen molar-refractivity contribution in [3.8, 4) is 0 Å². The molecule has 1 atom stereocenters. The van der Waals surface area contributed by atoms with E-state index in [4.69, 9.17) is 10.5 Å². The zero-order valence-corrected chi connectivity index (χ0v) is 11.1. The normalized spacial score (nSPS) is 12.4. The van der Waals surface area contributed by atoms with E-state index in [2.05, 4.69) is 10.3 Å². The van der Waals surface area contributed by atoms with Gasteiger partial charge in [0.1, 0.15) is 0 Å². The van der Waals surface area contributed by atoms with Crippen molar-refractivity contribution in [3.63, 3.8) is 0 Å². The Kier molecular flexibility index (Phi) is 6.38. The number of carbonyl (C=O) groups is 1. The summed E-state index contributed by atoms with van der Waals surface area (Å²) in [6.45, 7) is 3.70. The molecule has 6 nitrogen and oxygen atoms in total. The van der Waals surface area contributed by atoms with Crippen molar-refractivity contribution in [2.45, 2.75) is 32.4 Å². The van der Waals surface area contributed by atoms with Crippen LogP contribution in [0, 0.1) is 0 Å². The van der Waals surface area contributed by atoms with E-state index < -0.39 is 0 Å². The van der Waals surface area contributed by atoms with Crippen molar-refractivity contribution in [1.29, 1.82) is 0 Å². The fourth-order valence-corrected chi connectivity index (χ4v) is 1.64. The highest BCUT2D eigenvalue weighted by molar-refractivity contribution is 5.75. The largest absolute Gasteiger partial charge is 0.383 e. The molecule has 0 saturated heterocycles. The number of imidazole rings is 1. The van der Waals surface area contributed by atoms with E-state index in [1.807, 2.05) is 11.5 Å². The summed E-state index contributed by atoms with van der Waals surface area (Å²) < 4.78 is 6.80. The highest BCUT2D eigenvalue weighted by Gasteiger charge is 2.10. The number of ether oxygens (including phenoxy) is 1. The van der Waals surface area contributed by atoms with Gasteiger partial charge in [0.2, 0.25) is 5.91 Å². The molecule has 0 fully saturated rings. The zero-order chi connectivity index (χ0) is 13.4. The number of aryl methyl sites for hydroxylation is 1. The molecule has 1 amide bonds. The Hall–Kier alpha value is -1.40. The van der Waals surface area contributed by atoms with E-state index in [0.717, 1.165) is 12.1 Å². The van der Waals surface area contributed by atoms with Crippen LogP contribution in [0.3, 0.4) is 0 Å². The first-order chi connectivity index (χ1) is 8.69. The quantitative estimate of drug-likeness (QED) is 0.660. The highest BCUT2D eigenvalue weighted by atomic mass is 16.5. The monoisotopic (exact) mass is 254 g/mol. The van der Waals surface area contributed by atoms with E-state index in [9.17, 15) is 4.79 Å². The molecule has 0 aromatic carbocycles. The maximum atomic E-state index is 11.5. The predicted molar refractivity (Wildman–Crippen MR) is 68.9 cm³/mol. The third-order valence-corrected chi connectivity index (χ3v) is 2.77. The molecule has 0 spiro atoms. The molecule has 3 N–H and O–H groups in total. The average Bonchev–Trinajstić information content (AvgIpc) is 2.84. The van der Waals surface area contributed by atoms with Gasteiger partial charge in [0.05, 0.1) is 18.6 Å². The van der Waals surface area contributed by atoms with E-state index in [1.165, 1.54) is 0 Å². The van der Waals surface area contributed by atoms with E-state index >= 15 is 0 Å². The van der Waals surface area contributed by atoms with Gasteiger partial charge in [0.15, 0.2) is 0 Å². The van der Waals surface area contributed by atoms with Crippen LogP contribution in [0.25, 0.3) is 0 Å². The molecule has 102 valence electrons. The topological polar surface area (TPSA) is 82.2 Å². The molecule has 18 heavy (non-hydrogen) atoms. The van der Waals surface area contributed by atoms with Crippen molar-refractivity contribution >= 4 is 5.91 Å². The molecule has 1 rings (SSSR count). The third-order valence-electron chi connectivity index (χ3n) is 2.77. The summed E-state index contributed by atoms with van der Waals surface area (Å²) in [6.07, 6.45) is 4.75. The molecule has 0 aliphatic rings. The lowest BCUT2D eigenvalue weighted by atomic mass is 10.2. The van der Waals surface area contributed by atoms with Gasteiger partial charge in [-0.1, -0.05) is 6.92 Å². The molecule has 1 heterocycles. The Morgan fingerprint density at radius 3 is 3.11 bits per heavy atom. The Balaban J connectivity index is 2.39. The maximum Gasteiger partial charge on any atom is 0.221 e. The summed E-state index contributed by atoms with van der Waals surface area (Å²) >= 11 is 0. The standard InChI is InChI=1S/C12H22N4O2/c1-3-10(13)11-8-14-9-16(11)6-4-12(17)15-5-7-18-2/h8-10H,3-7,13H2,1-2H3,(H,15,17)/t10-/m1/s1. The van der Waals surface area contributed by atoms with Gasteiger partial charge in [-0.3, -0.25) is 4.79 Å². The summed E-state index contributed by atoms with van der Waals surface area (Å²) in [5.41, 5.74) is 6.94. The number of methoxy groups -OCH3 is 1. The van der Waals surface area contributed by atoms with Crippen molar-refractivity contribution in [3.05, 3.63) is 18.2 Å². The van der Waals surface area contributed by atoms with Crippen molar-refractivity contribution in [2.75, 3.05) is 20.3 Å². The number of nitrogens with zero attached hydrogens (tertiary/aromatic N) is 2. The summed E-state index contributed by atoms with van der Waals surface area (Å²) in [6, 6.07) is -0.0240. The smallest absolute Gasteiger partial charge is 0.221 e. The molecule has 0 bridgehead atoms. The lowest BCUT2D eigenvalue weighted by Gasteiger charge is -2.12. The van der Waals surface area contributed by atoms with Crippen molar-refractivity contribution in [2.24, 2.45) is 5.73 Å². The first-order valence-electron chi connectivity index (χ1n) is 6.20. The molecule has 0 saturated carbocycles. The number of nitrogens with two attached hydrogens (primary N) is 1. The Morgan fingerprint density at radius 1 is 1.67 bits per heavy atom. The summed E-state index contributed by atoms with van der Waals surface area (Å²) in [4.78, 5) is 15.6. The minimum Gasteiger partial charge on any atom is -0.383 e. The fourth-order valence-electron chi connectivity index (χ4n) is 1.64. The number of amides is 1. The zero-order valence-electron chi connectivity index (χ0n) is 11.1. The number of carbonyl (C=O) groups excluding carboxylic acids is 1. The van der Waals surface area contributed by atoms with Gasteiger partial charge in [0, 0.05) is 38.9 Å². The van der Waals surface area contributed by atoms with Crippen LogP contribution in [0.5, 0.6) is 0 Å². The molecule has 0 unspecified atom stereocenters. The number of rotatable bonds is 8. The lowest BCUT2D eigenvalue weighted by Crippen LogP contribution is -2.28. The second-order valence-electron chi connectivity index (χ2n) is 4.12. The molecule has 6 heteroatoms. The Morgan fingerprint density at radius 2 is 2.44 bits per heavy atom. The molecule has 0 radical (unpaired) electrons. The molecule has 0 aliphatic carbocycles. The minimum atomic E-state index is -0.0240. The average molecular weight is 254 g/mol. The summed E-state index contributed by atoms with van der Waals surface area (Å²) in [5.74, 6) is 0.0109. The van der Waals surface area contributed by atoms with Crippen LogP contribution >= 0.6 is 0 Å². The Bertz CT molecular complexity index is 365.